The van der Waals surface area contributed by atoms with Gasteiger partial charge in [-0.2, -0.15) is 0 Å². The lowest BCUT2D eigenvalue weighted by Crippen LogP contribution is -2.29. The highest BCUT2D eigenvalue weighted by atomic mass is 16.5. The second-order valence-corrected chi connectivity index (χ2v) is 4.31. The zero-order chi connectivity index (χ0) is 13.1. The smallest absolute Gasteiger partial charge is 0.308 e. The number of rotatable bonds is 2. The van der Waals surface area contributed by atoms with E-state index in [2.05, 4.69) is 0 Å². The predicted octanol–water partition coefficient (Wildman–Crippen LogP) is 0.203. The molecule has 18 heavy (non-hydrogen) atoms. The fourth-order valence-corrected chi connectivity index (χ4v) is 2.12. The molecule has 1 aromatic rings. The van der Waals surface area contributed by atoms with Crippen LogP contribution in [0.3, 0.4) is 0 Å². The van der Waals surface area contributed by atoms with Gasteiger partial charge in [0.15, 0.2) is 0 Å². The van der Waals surface area contributed by atoms with Crippen molar-refractivity contribution in [3.05, 3.63) is 34.2 Å². The summed E-state index contributed by atoms with van der Waals surface area (Å²) in [5.41, 5.74) is 0.518. The van der Waals surface area contributed by atoms with Crippen LogP contribution in [-0.2, 0) is 14.3 Å². The monoisotopic (exact) mass is 252 g/mol. The van der Waals surface area contributed by atoms with Crippen LogP contribution in [0.25, 0.3) is 0 Å². The molecule has 0 saturated carbocycles. The van der Waals surface area contributed by atoms with Gasteiger partial charge in [0.05, 0.1) is 19.1 Å². The Labute approximate surface area is 104 Å². The third kappa shape index (κ3) is 2.53. The maximum atomic E-state index is 11.5. The summed E-state index contributed by atoms with van der Waals surface area (Å²) in [7, 11) is 1.38. The van der Waals surface area contributed by atoms with Gasteiger partial charge in [0.2, 0.25) is 0 Å². The van der Waals surface area contributed by atoms with Crippen molar-refractivity contribution in [3.63, 3.8) is 0 Å². The van der Waals surface area contributed by atoms with Crippen LogP contribution in [0.4, 0.5) is 0 Å². The first-order valence-electron chi connectivity index (χ1n) is 5.79. The van der Waals surface area contributed by atoms with Crippen molar-refractivity contribution in [1.82, 2.24) is 4.68 Å². The standard InChI is InChI=1S/C12H16N2O4/c1-17-12(16)8-4-5-18-10(6-8)9-2-3-11(15)14(13)7-9/h2-3,7-8,10H,4-6,13H2,1H3/t8-,10+/m0/s1. The zero-order valence-corrected chi connectivity index (χ0v) is 10.2. The van der Waals surface area contributed by atoms with E-state index in [0.29, 0.717) is 19.4 Å². The van der Waals surface area contributed by atoms with Crippen LogP contribution in [0.2, 0.25) is 0 Å². The zero-order valence-electron chi connectivity index (χ0n) is 10.2. The van der Waals surface area contributed by atoms with Crippen LogP contribution in [0.5, 0.6) is 0 Å². The minimum Gasteiger partial charge on any atom is -0.469 e. The molecular formula is C12H16N2O4. The highest BCUT2D eigenvalue weighted by Gasteiger charge is 2.29. The minimum atomic E-state index is -0.279. The summed E-state index contributed by atoms with van der Waals surface area (Å²) < 4.78 is 11.4. The number of pyridine rings is 1. The minimum absolute atomic E-state index is 0.160. The number of hydrogen-bond acceptors (Lipinski definition) is 5. The van der Waals surface area contributed by atoms with Crippen LogP contribution in [0.15, 0.2) is 23.1 Å². The summed E-state index contributed by atoms with van der Waals surface area (Å²) in [6.45, 7) is 0.494. The van der Waals surface area contributed by atoms with Crippen LogP contribution >= 0.6 is 0 Å². The van der Waals surface area contributed by atoms with E-state index >= 15 is 0 Å². The van der Waals surface area contributed by atoms with Gasteiger partial charge in [-0.3, -0.25) is 9.59 Å². The number of carbonyl (C=O) groups is 1. The lowest BCUT2D eigenvalue weighted by Gasteiger charge is -2.28. The number of aromatic nitrogens is 1. The molecule has 1 aliphatic heterocycles. The van der Waals surface area contributed by atoms with Crippen LogP contribution < -0.4 is 11.4 Å². The van der Waals surface area contributed by atoms with Crippen molar-refractivity contribution < 1.29 is 14.3 Å². The van der Waals surface area contributed by atoms with E-state index in [1.54, 1.807) is 6.07 Å². The molecule has 0 bridgehead atoms. The molecule has 1 saturated heterocycles. The molecule has 0 radical (unpaired) electrons. The Bertz CT molecular complexity index is 497. The van der Waals surface area contributed by atoms with Crippen LogP contribution in [-0.4, -0.2) is 24.4 Å². The molecule has 2 rings (SSSR count). The van der Waals surface area contributed by atoms with Crippen molar-refractivity contribution in [2.45, 2.75) is 18.9 Å². The van der Waals surface area contributed by atoms with E-state index in [-0.39, 0.29) is 23.6 Å². The first-order valence-corrected chi connectivity index (χ1v) is 5.79. The number of hydrogen-bond donors (Lipinski definition) is 1. The molecule has 6 nitrogen and oxygen atoms in total. The number of esters is 1. The molecule has 0 aromatic carbocycles. The molecule has 1 aromatic heterocycles. The van der Waals surface area contributed by atoms with Gasteiger partial charge in [-0.25, -0.2) is 4.68 Å². The van der Waals surface area contributed by atoms with Crippen LogP contribution in [0.1, 0.15) is 24.5 Å². The summed E-state index contributed by atoms with van der Waals surface area (Å²) in [5, 5.41) is 0. The summed E-state index contributed by atoms with van der Waals surface area (Å²) in [4.78, 5) is 22.7. The Morgan fingerprint density at radius 3 is 3.00 bits per heavy atom. The highest BCUT2D eigenvalue weighted by molar-refractivity contribution is 5.72. The fourth-order valence-electron chi connectivity index (χ4n) is 2.12. The van der Waals surface area contributed by atoms with Crippen molar-refractivity contribution in [1.29, 1.82) is 0 Å². The number of nitrogen functional groups attached to an aromatic ring is 1. The molecule has 98 valence electrons. The normalized spacial score (nSPS) is 23.6. The molecule has 0 unspecified atom stereocenters. The first-order chi connectivity index (χ1) is 8.61. The Hall–Kier alpha value is -1.82. The summed E-state index contributed by atoms with van der Waals surface area (Å²) in [5.74, 6) is 5.13. The predicted molar refractivity (Wildman–Crippen MR) is 64.3 cm³/mol. The van der Waals surface area contributed by atoms with Gasteiger partial charge in [-0.1, -0.05) is 0 Å². The molecule has 0 spiro atoms. The average molecular weight is 252 g/mol. The van der Waals surface area contributed by atoms with Gasteiger partial charge >= 0.3 is 5.97 Å². The summed E-state index contributed by atoms with van der Waals surface area (Å²) >= 11 is 0. The number of nitrogens with zero attached hydrogens (tertiary/aromatic N) is 1. The molecule has 2 atom stereocenters. The average Bonchev–Trinajstić information content (AvgIpc) is 2.41. The Kier molecular flexibility index (Phi) is 3.66. The summed E-state index contributed by atoms with van der Waals surface area (Å²) in [6.07, 6.45) is 2.52. The van der Waals surface area contributed by atoms with Crippen molar-refractivity contribution in [2.24, 2.45) is 5.92 Å². The van der Waals surface area contributed by atoms with Crippen molar-refractivity contribution in [3.8, 4) is 0 Å². The van der Waals surface area contributed by atoms with E-state index in [1.165, 1.54) is 19.4 Å². The quantitative estimate of drug-likeness (QED) is 0.600. The molecular weight excluding hydrogens is 236 g/mol. The molecule has 6 heteroatoms. The second-order valence-electron chi connectivity index (χ2n) is 4.31. The van der Waals surface area contributed by atoms with Gasteiger partial charge in [-0.05, 0) is 24.5 Å². The van der Waals surface area contributed by atoms with Gasteiger partial charge < -0.3 is 15.3 Å². The SMILES string of the molecule is COC(=O)[C@H]1CCO[C@@H](c2ccc(=O)n(N)c2)C1. The maximum Gasteiger partial charge on any atom is 0.308 e. The topological polar surface area (TPSA) is 83.5 Å². The number of nitrogens with two attached hydrogens (primary N) is 1. The molecule has 1 fully saturated rings. The Balaban J connectivity index is 2.15. The Morgan fingerprint density at radius 2 is 2.33 bits per heavy atom. The van der Waals surface area contributed by atoms with E-state index in [4.69, 9.17) is 15.3 Å². The van der Waals surface area contributed by atoms with Crippen molar-refractivity contribution in [2.75, 3.05) is 19.6 Å². The largest absolute Gasteiger partial charge is 0.469 e. The van der Waals surface area contributed by atoms with Gasteiger partial charge in [0.1, 0.15) is 0 Å². The molecule has 0 amide bonds. The van der Waals surface area contributed by atoms with E-state index in [1.807, 2.05) is 0 Å². The van der Waals surface area contributed by atoms with Gasteiger partial charge in [0.25, 0.3) is 5.56 Å². The lowest BCUT2D eigenvalue weighted by molar-refractivity contribution is -0.150. The fraction of sp³-hybridized carbons (Fsp3) is 0.500. The van der Waals surface area contributed by atoms with Crippen molar-refractivity contribution >= 4 is 5.97 Å². The molecule has 0 aliphatic carbocycles. The third-order valence-corrected chi connectivity index (χ3v) is 3.15. The highest BCUT2D eigenvalue weighted by Crippen LogP contribution is 2.31. The van der Waals surface area contributed by atoms with E-state index in [0.717, 1.165) is 10.2 Å². The summed E-state index contributed by atoms with van der Waals surface area (Å²) in [6, 6.07) is 3.07. The molecule has 2 N–H and O–H groups in total. The lowest BCUT2D eigenvalue weighted by atomic mass is 9.92. The molecule has 2 heterocycles. The number of carbonyl (C=O) groups excluding carboxylic acids is 1. The molecule has 1 aliphatic rings. The second kappa shape index (κ2) is 5.22. The van der Waals surface area contributed by atoms with Crippen LogP contribution in [0, 0.1) is 5.92 Å². The van der Waals surface area contributed by atoms with E-state index < -0.39 is 0 Å². The number of ether oxygens (including phenoxy) is 2. The number of methoxy groups -OCH3 is 1. The third-order valence-electron chi connectivity index (χ3n) is 3.15. The van der Waals surface area contributed by atoms with Gasteiger partial charge in [0, 0.05) is 18.9 Å². The van der Waals surface area contributed by atoms with Gasteiger partial charge in [-0.15, -0.1) is 0 Å². The van der Waals surface area contributed by atoms with E-state index in [9.17, 15) is 9.59 Å². The Morgan fingerprint density at radius 1 is 1.56 bits per heavy atom. The maximum absolute atomic E-state index is 11.5. The first kappa shape index (κ1) is 12.6.